The fourth-order valence-electron chi connectivity index (χ4n) is 3.84. The van der Waals surface area contributed by atoms with E-state index < -0.39 is 14.5 Å². The number of benzene rings is 2. The standard InChI is InChI=1S/C25H32N3O6P/c26-19-23(25(29)27-8-11-32-12-13-33-14-15-34-35(30)31)17-20-4-5-22-18-24(7-6-21(22)16-20)28-9-2-1-3-10-28/h4-7,16-18,30-31H,1-3,8-15H2,(H,27,29)/b23-17+. The van der Waals surface area contributed by atoms with Gasteiger partial charge in [0.05, 0.1) is 33.0 Å². The molecule has 0 spiro atoms. The highest BCUT2D eigenvalue weighted by Gasteiger charge is 2.12. The Bertz CT molecular complexity index is 1030. The van der Waals surface area contributed by atoms with E-state index in [-0.39, 0.29) is 31.9 Å². The second kappa shape index (κ2) is 14.7. The summed E-state index contributed by atoms with van der Waals surface area (Å²) in [5.74, 6) is -0.449. The maximum atomic E-state index is 12.4. The number of nitrogens with one attached hydrogen (secondary N) is 1. The van der Waals surface area contributed by atoms with Crippen LogP contribution < -0.4 is 10.2 Å². The summed E-state index contributed by atoms with van der Waals surface area (Å²) >= 11 is 0. The molecule has 35 heavy (non-hydrogen) atoms. The summed E-state index contributed by atoms with van der Waals surface area (Å²) in [4.78, 5) is 32.0. The molecule has 1 aliphatic heterocycles. The van der Waals surface area contributed by atoms with Gasteiger partial charge in [-0.1, -0.05) is 18.2 Å². The number of hydrogen-bond donors (Lipinski definition) is 3. The summed E-state index contributed by atoms with van der Waals surface area (Å²) in [5.41, 5.74) is 2.07. The number of carbonyl (C=O) groups is 1. The van der Waals surface area contributed by atoms with E-state index >= 15 is 0 Å². The number of nitrogens with zero attached hydrogens (tertiary/aromatic N) is 2. The zero-order chi connectivity index (χ0) is 24.9. The summed E-state index contributed by atoms with van der Waals surface area (Å²) in [6.07, 6.45) is 5.36. The molecule has 9 nitrogen and oxygen atoms in total. The van der Waals surface area contributed by atoms with E-state index in [2.05, 4.69) is 32.9 Å². The Balaban J connectivity index is 1.44. The first-order valence-corrected chi connectivity index (χ1v) is 12.9. The average Bonchev–Trinajstić information content (AvgIpc) is 2.88. The first-order valence-electron chi connectivity index (χ1n) is 11.7. The van der Waals surface area contributed by atoms with Gasteiger partial charge in [0.1, 0.15) is 11.6 Å². The molecular weight excluding hydrogens is 469 g/mol. The molecule has 1 fully saturated rings. The van der Waals surface area contributed by atoms with Gasteiger partial charge in [-0.2, -0.15) is 5.26 Å². The van der Waals surface area contributed by atoms with Crippen LogP contribution in [0.3, 0.4) is 0 Å². The molecule has 0 unspecified atom stereocenters. The summed E-state index contributed by atoms with van der Waals surface area (Å²) in [5, 5.41) is 14.3. The monoisotopic (exact) mass is 501 g/mol. The molecule has 1 heterocycles. The fourth-order valence-corrected chi connectivity index (χ4v) is 4.08. The average molecular weight is 502 g/mol. The highest BCUT2D eigenvalue weighted by molar-refractivity contribution is 7.39. The van der Waals surface area contributed by atoms with Crippen LogP contribution in [-0.2, 0) is 18.8 Å². The minimum Gasteiger partial charge on any atom is -0.377 e. The number of carbonyl (C=O) groups excluding carboxylic acids is 1. The Morgan fingerprint density at radius 2 is 1.69 bits per heavy atom. The van der Waals surface area contributed by atoms with Gasteiger partial charge in [0, 0.05) is 25.3 Å². The fraction of sp³-hybridized carbons (Fsp3) is 0.440. The number of ether oxygens (including phenoxy) is 2. The largest absolute Gasteiger partial charge is 0.377 e. The van der Waals surface area contributed by atoms with Crippen LogP contribution in [0.1, 0.15) is 24.8 Å². The van der Waals surface area contributed by atoms with Crippen LogP contribution in [-0.4, -0.2) is 68.4 Å². The Morgan fingerprint density at radius 1 is 1.00 bits per heavy atom. The van der Waals surface area contributed by atoms with Gasteiger partial charge in [-0.3, -0.25) is 4.79 Å². The van der Waals surface area contributed by atoms with Crippen molar-refractivity contribution in [2.75, 3.05) is 57.6 Å². The van der Waals surface area contributed by atoms with Crippen LogP contribution in [0.2, 0.25) is 0 Å². The van der Waals surface area contributed by atoms with Crippen molar-refractivity contribution in [3.8, 4) is 6.07 Å². The lowest BCUT2D eigenvalue weighted by molar-refractivity contribution is -0.117. The molecule has 3 rings (SSSR count). The molecule has 1 saturated heterocycles. The maximum absolute atomic E-state index is 12.4. The molecule has 0 aliphatic carbocycles. The molecule has 1 aliphatic rings. The summed E-state index contributed by atoms with van der Waals surface area (Å²) in [6, 6.07) is 14.3. The van der Waals surface area contributed by atoms with Gasteiger partial charge in [0.15, 0.2) is 0 Å². The molecule has 188 valence electrons. The predicted octanol–water partition coefficient (Wildman–Crippen LogP) is 3.11. The number of fused-ring (bicyclic) bond motifs is 1. The minimum atomic E-state index is -2.36. The van der Waals surface area contributed by atoms with Crippen LogP contribution in [0, 0.1) is 11.3 Å². The predicted molar refractivity (Wildman–Crippen MR) is 136 cm³/mol. The van der Waals surface area contributed by atoms with E-state index in [0.717, 1.165) is 29.4 Å². The second-order valence-corrected chi connectivity index (χ2v) is 8.84. The molecule has 2 aromatic carbocycles. The molecule has 0 saturated carbocycles. The summed E-state index contributed by atoms with van der Waals surface area (Å²) in [7, 11) is -2.36. The van der Waals surface area contributed by atoms with Crippen LogP contribution in [0.15, 0.2) is 42.0 Å². The Morgan fingerprint density at radius 3 is 2.43 bits per heavy atom. The summed E-state index contributed by atoms with van der Waals surface area (Å²) in [6.45, 7) is 3.68. The molecule has 0 radical (unpaired) electrons. The maximum Gasteiger partial charge on any atom is 0.327 e. The Labute approximate surface area is 206 Å². The second-order valence-electron chi connectivity index (χ2n) is 8.08. The molecule has 3 N–H and O–H groups in total. The van der Waals surface area contributed by atoms with Crippen molar-refractivity contribution in [3.63, 3.8) is 0 Å². The third-order valence-corrected chi connectivity index (χ3v) is 6.00. The number of hydrogen-bond acceptors (Lipinski definition) is 8. The number of anilines is 1. The van der Waals surface area contributed by atoms with Crippen LogP contribution >= 0.6 is 8.60 Å². The third kappa shape index (κ3) is 9.19. The molecule has 0 aromatic heterocycles. The molecule has 2 aromatic rings. The highest BCUT2D eigenvalue weighted by Crippen LogP contribution is 2.26. The van der Waals surface area contributed by atoms with Crippen molar-refractivity contribution in [2.45, 2.75) is 19.3 Å². The van der Waals surface area contributed by atoms with E-state index in [4.69, 9.17) is 19.3 Å². The van der Waals surface area contributed by atoms with Crippen molar-refractivity contribution < 1.29 is 28.6 Å². The Hall–Kier alpha value is -2.57. The number of amides is 1. The van der Waals surface area contributed by atoms with Gasteiger partial charge >= 0.3 is 8.60 Å². The lowest BCUT2D eigenvalue weighted by atomic mass is 10.0. The van der Waals surface area contributed by atoms with Crippen LogP contribution in [0.5, 0.6) is 0 Å². The van der Waals surface area contributed by atoms with Crippen molar-refractivity contribution in [1.82, 2.24) is 5.32 Å². The van der Waals surface area contributed by atoms with Gasteiger partial charge in [-0.05, 0) is 59.9 Å². The first-order chi connectivity index (χ1) is 17.1. The zero-order valence-electron chi connectivity index (χ0n) is 19.7. The molecule has 0 atom stereocenters. The van der Waals surface area contributed by atoms with Crippen molar-refractivity contribution in [1.29, 1.82) is 5.26 Å². The normalized spacial score (nSPS) is 14.3. The van der Waals surface area contributed by atoms with Crippen LogP contribution in [0.4, 0.5) is 5.69 Å². The SMILES string of the molecule is N#C/C(=C\c1ccc2cc(N3CCCCC3)ccc2c1)C(=O)NCCOCCOCCOP(O)O. The van der Waals surface area contributed by atoms with Crippen molar-refractivity contribution >= 4 is 37.0 Å². The number of rotatable bonds is 13. The van der Waals surface area contributed by atoms with E-state index in [1.54, 1.807) is 6.08 Å². The molecular formula is C25H32N3O6P. The zero-order valence-corrected chi connectivity index (χ0v) is 20.6. The van der Waals surface area contributed by atoms with Gasteiger partial charge in [-0.25, -0.2) is 0 Å². The number of piperidine rings is 1. The Kier molecular flexibility index (Phi) is 11.4. The highest BCUT2D eigenvalue weighted by atomic mass is 31.2. The minimum absolute atomic E-state index is 0.0327. The van der Waals surface area contributed by atoms with Gasteiger partial charge < -0.3 is 34.0 Å². The van der Waals surface area contributed by atoms with Gasteiger partial charge in [-0.15, -0.1) is 0 Å². The van der Waals surface area contributed by atoms with E-state index in [9.17, 15) is 10.1 Å². The molecule has 10 heteroatoms. The number of nitriles is 1. The molecule has 0 bridgehead atoms. The third-order valence-electron chi connectivity index (χ3n) is 5.58. The van der Waals surface area contributed by atoms with E-state index in [0.29, 0.717) is 13.2 Å². The lowest BCUT2D eigenvalue weighted by Crippen LogP contribution is -2.29. The van der Waals surface area contributed by atoms with Crippen molar-refractivity contribution in [2.24, 2.45) is 0 Å². The molecule has 1 amide bonds. The van der Waals surface area contributed by atoms with E-state index in [1.165, 1.54) is 24.9 Å². The van der Waals surface area contributed by atoms with Gasteiger partial charge in [0.2, 0.25) is 0 Å². The topological polar surface area (TPSA) is 124 Å². The van der Waals surface area contributed by atoms with Gasteiger partial charge in [0.25, 0.3) is 5.91 Å². The first kappa shape index (κ1) is 27.0. The lowest BCUT2D eigenvalue weighted by Gasteiger charge is -2.29. The smallest absolute Gasteiger partial charge is 0.327 e. The quantitative estimate of drug-likeness (QED) is 0.166. The van der Waals surface area contributed by atoms with Crippen molar-refractivity contribution in [3.05, 3.63) is 47.5 Å². The summed E-state index contributed by atoms with van der Waals surface area (Å²) < 4.78 is 15.1. The van der Waals surface area contributed by atoms with Crippen LogP contribution in [0.25, 0.3) is 16.8 Å². The van der Waals surface area contributed by atoms with E-state index in [1.807, 2.05) is 24.3 Å².